The molecular weight excluding hydrogens is 450 g/mol. The van der Waals surface area contributed by atoms with Crippen LogP contribution in [0, 0.1) is 11.3 Å². The number of amides is 2. The predicted molar refractivity (Wildman–Crippen MR) is 117 cm³/mol. The molecule has 2 rings (SSSR count). The lowest BCUT2D eigenvalue weighted by Crippen LogP contribution is -2.49. The number of Topliss-reactive ketones (excluding diaryl/α,β-unsaturated/α-hetero) is 2. The molecule has 6 nitrogen and oxygen atoms in total. The highest BCUT2D eigenvalue weighted by molar-refractivity contribution is 9.10. The Morgan fingerprint density at radius 1 is 1.07 bits per heavy atom. The number of rotatable bonds is 5. The van der Waals surface area contributed by atoms with Crippen LogP contribution in [0.4, 0.5) is 4.79 Å². The number of ketones is 2. The normalized spacial score (nSPS) is 17.8. The molecule has 0 N–H and O–H groups in total. The van der Waals surface area contributed by atoms with Crippen molar-refractivity contribution < 1.29 is 23.9 Å². The van der Waals surface area contributed by atoms with Crippen LogP contribution in [-0.4, -0.2) is 40.1 Å². The van der Waals surface area contributed by atoms with Crippen LogP contribution >= 0.6 is 15.9 Å². The Morgan fingerprint density at radius 2 is 1.63 bits per heavy atom. The summed E-state index contributed by atoms with van der Waals surface area (Å²) in [5, 5.41) is 0. The van der Waals surface area contributed by atoms with E-state index in [1.165, 1.54) is 12.2 Å². The number of carbonyl (C=O) groups is 4. The van der Waals surface area contributed by atoms with E-state index in [-0.39, 0.29) is 18.0 Å². The van der Waals surface area contributed by atoms with E-state index < -0.39 is 35.0 Å². The van der Waals surface area contributed by atoms with Crippen molar-refractivity contribution in [2.24, 2.45) is 11.3 Å². The highest BCUT2D eigenvalue weighted by Crippen LogP contribution is 2.32. The topological polar surface area (TPSA) is 80.8 Å². The number of hydrogen-bond donors (Lipinski definition) is 0. The Kier molecular flexibility index (Phi) is 7.07. The zero-order chi connectivity index (χ0) is 22.9. The van der Waals surface area contributed by atoms with Crippen LogP contribution in [0.1, 0.15) is 58.3 Å². The van der Waals surface area contributed by atoms with Gasteiger partial charge in [0.25, 0.3) is 5.91 Å². The van der Waals surface area contributed by atoms with Gasteiger partial charge < -0.3 is 4.74 Å². The summed E-state index contributed by atoms with van der Waals surface area (Å²) in [7, 11) is 0. The first-order valence-electron chi connectivity index (χ1n) is 9.78. The highest BCUT2D eigenvalue weighted by Gasteiger charge is 2.45. The average molecular weight is 478 g/mol. The van der Waals surface area contributed by atoms with E-state index in [4.69, 9.17) is 4.74 Å². The Labute approximate surface area is 185 Å². The summed E-state index contributed by atoms with van der Waals surface area (Å²) >= 11 is 3.33. The first-order chi connectivity index (χ1) is 13.7. The minimum Gasteiger partial charge on any atom is -0.443 e. The standard InChI is InChI=1S/C23H28BrNO5/c1-22(2,3)20(28)16(13-18(26)14-7-9-15(24)10-8-14)17-11-12-19(27)25(17)21(29)30-23(4,5)6/h7-12,16-17H,13H2,1-6H3/t16-,17-/m1/s1. The summed E-state index contributed by atoms with van der Waals surface area (Å²) in [6.07, 6.45) is 1.81. The second-order valence-corrected chi connectivity index (χ2v) is 10.3. The lowest BCUT2D eigenvalue weighted by molar-refractivity contribution is -0.133. The van der Waals surface area contributed by atoms with Gasteiger partial charge in [-0.05, 0) is 32.9 Å². The lowest BCUT2D eigenvalue weighted by atomic mass is 9.77. The van der Waals surface area contributed by atoms with Gasteiger partial charge in [0.2, 0.25) is 0 Å². The molecule has 1 aromatic rings. The Hall–Kier alpha value is -2.28. The molecule has 0 unspecified atom stereocenters. The molecule has 0 aliphatic carbocycles. The van der Waals surface area contributed by atoms with E-state index in [0.717, 1.165) is 9.37 Å². The molecule has 7 heteroatoms. The van der Waals surface area contributed by atoms with Crippen molar-refractivity contribution >= 4 is 39.5 Å². The number of hydrogen-bond acceptors (Lipinski definition) is 5. The van der Waals surface area contributed by atoms with E-state index in [2.05, 4.69) is 15.9 Å². The van der Waals surface area contributed by atoms with Crippen molar-refractivity contribution in [1.29, 1.82) is 0 Å². The van der Waals surface area contributed by atoms with Crippen LogP contribution in [0.15, 0.2) is 40.9 Å². The molecule has 1 aromatic carbocycles. The second-order valence-electron chi connectivity index (χ2n) is 9.39. The maximum absolute atomic E-state index is 13.2. The third kappa shape index (κ3) is 5.88. The fraction of sp³-hybridized carbons (Fsp3) is 0.478. The molecule has 1 aliphatic rings. The molecule has 0 radical (unpaired) electrons. The zero-order valence-electron chi connectivity index (χ0n) is 18.2. The Bertz CT molecular complexity index is 874. The van der Waals surface area contributed by atoms with Crippen molar-refractivity contribution in [2.45, 2.75) is 59.6 Å². The molecule has 0 aromatic heterocycles. The number of carbonyl (C=O) groups excluding carboxylic acids is 4. The van der Waals surface area contributed by atoms with Crippen LogP contribution < -0.4 is 0 Å². The second kappa shape index (κ2) is 8.84. The lowest BCUT2D eigenvalue weighted by Gasteiger charge is -2.33. The summed E-state index contributed by atoms with van der Waals surface area (Å²) in [4.78, 5) is 52.2. The summed E-state index contributed by atoms with van der Waals surface area (Å²) < 4.78 is 6.20. The third-order valence-corrected chi connectivity index (χ3v) is 5.15. The molecule has 2 amide bonds. The molecule has 1 aliphatic heterocycles. The van der Waals surface area contributed by atoms with Gasteiger partial charge in [0.05, 0.1) is 12.0 Å². The maximum atomic E-state index is 13.2. The quantitative estimate of drug-likeness (QED) is 0.560. The van der Waals surface area contributed by atoms with E-state index in [1.807, 2.05) is 0 Å². The minimum absolute atomic E-state index is 0.126. The number of ether oxygens (including phenoxy) is 1. The van der Waals surface area contributed by atoms with Gasteiger partial charge in [-0.25, -0.2) is 9.69 Å². The van der Waals surface area contributed by atoms with Crippen LogP contribution in [0.25, 0.3) is 0 Å². The van der Waals surface area contributed by atoms with Gasteiger partial charge >= 0.3 is 6.09 Å². The number of benzene rings is 1. The monoisotopic (exact) mass is 477 g/mol. The zero-order valence-corrected chi connectivity index (χ0v) is 19.8. The fourth-order valence-electron chi connectivity index (χ4n) is 3.21. The van der Waals surface area contributed by atoms with Gasteiger partial charge in [0.15, 0.2) is 5.78 Å². The number of halogens is 1. The van der Waals surface area contributed by atoms with Gasteiger partial charge in [0.1, 0.15) is 11.4 Å². The summed E-state index contributed by atoms with van der Waals surface area (Å²) in [6.45, 7) is 10.4. The number of imide groups is 1. The van der Waals surface area contributed by atoms with Gasteiger partial charge in [-0.2, -0.15) is 0 Å². The van der Waals surface area contributed by atoms with Gasteiger partial charge in [-0.1, -0.05) is 54.9 Å². The molecular formula is C23H28BrNO5. The first-order valence-corrected chi connectivity index (χ1v) is 10.6. The average Bonchev–Trinajstić information content (AvgIpc) is 2.98. The molecule has 2 atom stereocenters. The van der Waals surface area contributed by atoms with Crippen molar-refractivity contribution in [3.05, 3.63) is 46.5 Å². The van der Waals surface area contributed by atoms with Crippen molar-refractivity contribution in [3.8, 4) is 0 Å². The largest absolute Gasteiger partial charge is 0.443 e. The molecule has 0 saturated carbocycles. The Morgan fingerprint density at radius 3 is 2.13 bits per heavy atom. The summed E-state index contributed by atoms with van der Waals surface area (Å²) in [5.41, 5.74) is -1.10. The van der Waals surface area contributed by atoms with Crippen LogP contribution in [-0.2, 0) is 14.3 Å². The molecule has 0 fully saturated rings. The maximum Gasteiger partial charge on any atom is 0.417 e. The van der Waals surface area contributed by atoms with Gasteiger partial charge in [-0.3, -0.25) is 14.4 Å². The van der Waals surface area contributed by atoms with E-state index in [0.29, 0.717) is 5.56 Å². The molecule has 1 heterocycles. The SMILES string of the molecule is CC(C)(C)OC(=O)N1C(=O)C=C[C@@H]1[C@@H](CC(=O)c1ccc(Br)cc1)C(=O)C(C)(C)C. The van der Waals surface area contributed by atoms with E-state index in [1.54, 1.807) is 65.8 Å². The van der Waals surface area contributed by atoms with Gasteiger partial charge in [-0.15, -0.1) is 0 Å². The van der Waals surface area contributed by atoms with Crippen molar-refractivity contribution in [3.63, 3.8) is 0 Å². The van der Waals surface area contributed by atoms with Crippen LogP contribution in [0.2, 0.25) is 0 Å². The van der Waals surface area contributed by atoms with Crippen molar-refractivity contribution in [1.82, 2.24) is 4.90 Å². The van der Waals surface area contributed by atoms with E-state index >= 15 is 0 Å². The van der Waals surface area contributed by atoms with E-state index in [9.17, 15) is 19.2 Å². The first kappa shape index (κ1) is 24.0. The minimum atomic E-state index is -0.878. The predicted octanol–water partition coefficient (Wildman–Crippen LogP) is 4.96. The third-order valence-electron chi connectivity index (χ3n) is 4.62. The molecule has 0 bridgehead atoms. The highest BCUT2D eigenvalue weighted by atomic mass is 79.9. The smallest absolute Gasteiger partial charge is 0.417 e. The Balaban J connectivity index is 2.38. The van der Waals surface area contributed by atoms with Crippen LogP contribution in [0.3, 0.4) is 0 Å². The molecule has 0 spiro atoms. The molecule has 0 saturated heterocycles. The molecule has 162 valence electrons. The van der Waals surface area contributed by atoms with Crippen molar-refractivity contribution in [2.75, 3.05) is 0 Å². The fourth-order valence-corrected chi connectivity index (χ4v) is 3.47. The molecule has 30 heavy (non-hydrogen) atoms. The summed E-state index contributed by atoms with van der Waals surface area (Å²) in [5.74, 6) is -1.87. The number of nitrogens with zero attached hydrogens (tertiary/aromatic N) is 1. The van der Waals surface area contributed by atoms with Crippen LogP contribution in [0.5, 0.6) is 0 Å². The summed E-state index contributed by atoms with van der Waals surface area (Å²) in [6, 6.07) is 5.97. The van der Waals surface area contributed by atoms with Gasteiger partial charge in [0, 0.05) is 27.9 Å².